The van der Waals surface area contributed by atoms with Crippen molar-refractivity contribution in [2.45, 2.75) is 6.61 Å². The van der Waals surface area contributed by atoms with Crippen LogP contribution in [-0.4, -0.2) is 15.5 Å². The maximum atomic E-state index is 12.1. The van der Waals surface area contributed by atoms with E-state index in [1.54, 1.807) is 29.8 Å². The number of thiazole rings is 2. The number of carbonyl (C=O) groups is 1. The van der Waals surface area contributed by atoms with Crippen molar-refractivity contribution in [3.8, 4) is 5.75 Å². The van der Waals surface area contributed by atoms with Gasteiger partial charge < -0.3 is 9.30 Å². The number of rotatable bonds is 4. The zero-order valence-electron chi connectivity index (χ0n) is 11.8. The van der Waals surface area contributed by atoms with E-state index in [2.05, 4.69) is 9.98 Å². The van der Waals surface area contributed by atoms with E-state index in [1.807, 2.05) is 28.6 Å². The second-order valence-corrected chi connectivity index (χ2v) is 6.10. The lowest BCUT2D eigenvalue weighted by Crippen LogP contribution is -2.12. The van der Waals surface area contributed by atoms with Gasteiger partial charge in [-0.05, 0) is 24.3 Å². The van der Waals surface area contributed by atoms with Gasteiger partial charge in [0, 0.05) is 29.6 Å². The molecule has 2 aromatic heterocycles. The highest BCUT2D eigenvalue weighted by Gasteiger charge is 2.05. The molecule has 22 heavy (non-hydrogen) atoms. The molecular formula is C15H13N3O2S2. The van der Waals surface area contributed by atoms with Crippen LogP contribution >= 0.6 is 22.7 Å². The summed E-state index contributed by atoms with van der Waals surface area (Å²) in [4.78, 5) is 21.0. The number of hydrogen-bond donors (Lipinski definition) is 0. The minimum Gasteiger partial charge on any atom is -0.487 e. The Labute approximate surface area is 135 Å². The predicted molar refractivity (Wildman–Crippen MR) is 86.1 cm³/mol. The molecule has 5 nitrogen and oxygen atoms in total. The summed E-state index contributed by atoms with van der Waals surface area (Å²) in [6.45, 7) is 0.423. The van der Waals surface area contributed by atoms with Crippen LogP contribution in [0.2, 0.25) is 0 Å². The third-order valence-electron chi connectivity index (χ3n) is 2.93. The van der Waals surface area contributed by atoms with E-state index < -0.39 is 0 Å². The number of nitrogens with zero attached hydrogens (tertiary/aromatic N) is 3. The summed E-state index contributed by atoms with van der Waals surface area (Å²) in [6.07, 6.45) is 1.87. The van der Waals surface area contributed by atoms with Crippen LogP contribution in [-0.2, 0) is 13.7 Å². The summed E-state index contributed by atoms with van der Waals surface area (Å²) in [5, 5.41) is 3.83. The molecule has 7 heteroatoms. The Hall–Kier alpha value is -2.25. The fraction of sp³-hybridized carbons (Fsp3) is 0.133. The molecule has 3 rings (SSSR count). The lowest BCUT2D eigenvalue weighted by molar-refractivity contribution is 0.0998. The number of aromatic nitrogens is 2. The van der Waals surface area contributed by atoms with Crippen LogP contribution in [0.3, 0.4) is 0 Å². The quantitative estimate of drug-likeness (QED) is 0.739. The van der Waals surface area contributed by atoms with Crippen LogP contribution in [0, 0.1) is 0 Å². The lowest BCUT2D eigenvalue weighted by Gasteiger charge is -2.04. The van der Waals surface area contributed by atoms with Gasteiger partial charge in [0.2, 0.25) is 0 Å². The first kappa shape index (κ1) is 14.7. The molecule has 0 unspecified atom stereocenters. The summed E-state index contributed by atoms with van der Waals surface area (Å²) in [5.74, 6) is 0.440. The topological polar surface area (TPSA) is 56.5 Å². The van der Waals surface area contributed by atoms with E-state index in [-0.39, 0.29) is 5.91 Å². The Bertz CT molecular complexity index is 817. The maximum absolute atomic E-state index is 12.1. The maximum Gasteiger partial charge on any atom is 0.279 e. The molecule has 0 atom stereocenters. The molecule has 0 bridgehead atoms. The van der Waals surface area contributed by atoms with Gasteiger partial charge in [0.25, 0.3) is 5.91 Å². The van der Waals surface area contributed by atoms with Gasteiger partial charge in [-0.1, -0.05) is 0 Å². The van der Waals surface area contributed by atoms with Gasteiger partial charge in [0.1, 0.15) is 12.4 Å². The van der Waals surface area contributed by atoms with Crippen molar-refractivity contribution >= 4 is 28.6 Å². The van der Waals surface area contributed by atoms with Gasteiger partial charge in [-0.15, -0.1) is 22.7 Å². The fourth-order valence-corrected chi connectivity index (χ4v) is 3.02. The zero-order valence-corrected chi connectivity index (χ0v) is 13.4. The molecule has 2 heterocycles. The van der Waals surface area contributed by atoms with Crippen LogP contribution in [0.4, 0.5) is 0 Å². The number of hydrogen-bond acceptors (Lipinski definition) is 5. The van der Waals surface area contributed by atoms with E-state index in [9.17, 15) is 4.79 Å². The van der Waals surface area contributed by atoms with E-state index in [0.717, 1.165) is 5.69 Å². The molecule has 0 radical (unpaired) electrons. The Balaban J connectivity index is 1.69. The summed E-state index contributed by atoms with van der Waals surface area (Å²) >= 11 is 2.96. The molecule has 0 saturated heterocycles. The molecule has 1 aromatic carbocycles. The second-order valence-electron chi connectivity index (χ2n) is 4.51. The van der Waals surface area contributed by atoms with Crippen molar-refractivity contribution in [2.24, 2.45) is 12.0 Å². The third kappa shape index (κ3) is 3.49. The Kier molecular flexibility index (Phi) is 4.45. The van der Waals surface area contributed by atoms with Gasteiger partial charge >= 0.3 is 0 Å². The monoisotopic (exact) mass is 331 g/mol. The molecule has 112 valence electrons. The van der Waals surface area contributed by atoms with Crippen molar-refractivity contribution in [2.75, 3.05) is 0 Å². The van der Waals surface area contributed by atoms with Gasteiger partial charge in [0.05, 0.1) is 11.2 Å². The molecule has 0 aliphatic heterocycles. The summed E-state index contributed by atoms with van der Waals surface area (Å²) in [7, 11) is 1.86. The molecule has 0 aliphatic rings. The van der Waals surface area contributed by atoms with Crippen molar-refractivity contribution in [3.63, 3.8) is 0 Å². The van der Waals surface area contributed by atoms with Crippen LogP contribution in [0.1, 0.15) is 16.1 Å². The summed E-state index contributed by atoms with van der Waals surface area (Å²) in [6, 6.07) is 6.97. The number of ether oxygens (including phenoxy) is 1. The largest absolute Gasteiger partial charge is 0.487 e. The van der Waals surface area contributed by atoms with Crippen molar-refractivity contribution in [1.82, 2.24) is 9.55 Å². The average molecular weight is 331 g/mol. The van der Waals surface area contributed by atoms with Crippen LogP contribution < -0.4 is 9.54 Å². The zero-order chi connectivity index (χ0) is 15.4. The highest BCUT2D eigenvalue weighted by atomic mass is 32.1. The van der Waals surface area contributed by atoms with Gasteiger partial charge in [0.15, 0.2) is 4.80 Å². The summed E-state index contributed by atoms with van der Waals surface area (Å²) in [5.41, 5.74) is 3.20. The molecule has 1 amide bonds. The third-order valence-corrected chi connectivity index (χ3v) is 4.41. The van der Waals surface area contributed by atoms with Gasteiger partial charge in [-0.2, -0.15) is 4.99 Å². The second kappa shape index (κ2) is 6.67. The minimum absolute atomic E-state index is 0.260. The van der Waals surface area contributed by atoms with E-state index in [0.29, 0.717) is 22.7 Å². The summed E-state index contributed by atoms with van der Waals surface area (Å²) < 4.78 is 7.42. The highest BCUT2D eigenvalue weighted by Crippen LogP contribution is 2.15. The van der Waals surface area contributed by atoms with E-state index in [1.165, 1.54) is 22.7 Å². The SMILES string of the molecule is Cn1ccsc1=NC(=O)c1ccc(OCc2cscn2)cc1. The smallest absolute Gasteiger partial charge is 0.279 e. The predicted octanol–water partition coefficient (Wildman–Crippen LogP) is 2.86. The van der Waals surface area contributed by atoms with Crippen LogP contribution in [0.25, 0.3) is 0 Å². The minimum atomic E-state index is -0.260. The normalized spacial score (nSPS) is 11.6. The Morgan fingerprint density at radius 1 is 1.36 bits per heavy atom. The number of carbonyl (C=O) groups excluding carboxylic acids is 1. The number of aryl methyl sites for hydroxylation is 1. The molecule has 0 aliphatic carbocycles. The highest BCUT2D eigenvalue weighted by molar-refractivity contribution is 7.07. The fourth-order valence-electron chi connectivity index (χ4n) is 1.75. The molecular weight excluding hydrogens is 318 g/mol. The molecule has 3 aromatic rings. The van der Waals surface area contributed by atoms with Gasteiger partial charge in [-0.3, -0.25) is 4.79 Å². The molecule has 0 N–H and O–H groups in total. The van der Waals surface area contributed by atoms with E-state index >= 15 is 0 Å². The molecule has 0 fully saturated rings. The molecule has 0 spiro atoms. The Morgan fingerprint density at radius 2 is 2.18 bits per heavy atom. The average Bonchev–Trinajstić information content (AvgIpc) is 3.18. The molecule has 0 saturated carbocycles. The first-order valence-electron chi connectivity index (χ1n) is 6.51. The standard InChI is InChI=1S/C15H13N3O2S2/c1-18-6-7-22-15(18)17-14(19)11-2-4-13(5-3-11)20-8-12-9-21-10-16-12/h2-7,9-10H,8H2,1H3. The van der Waals surface area contributed by atoms with E-state index in [4.69, 9.17) is 4.74 Å². The lowest BCUT2D eigenvalue weighted by atomic mass is 10.2. The first-order chi connectivity index (χ1) is 10.7. The van der Waals surface area contributed by atoms with Crippen LogP contribution in [0.15, 0.2) is 51.7 Å². The Morgan fingerprint density at radius 3 is 2.82 bits per heavy atom. The van der Waals surface area contributed by atoms with Gasteiger partial charge in [-0.25, -0.2) is 4.98 Å². The van der Waals surface area contributed by atoms with Crippen molar-refractivity contribution in [3.05, 3.63) is 62.8 Å². The van der Waals surface area contributed by atoms with Crippen LogP contribution in [0.5, 0.6) is 5.75 Å². The number of benzene rings is 1. The van der Waals surface area contributed by atoms with Crippen molar-refractivity contribution < 1.29 is 9.53 Å². The first-order valence-corrected chi connectivity index (χ1v) is 8.34. The number of amides is 1. The van der Waals surface area contributed by atoms with Crippen molar-refractivity contribution in [1.29, 1.82) is 0 Å².